The minimum atomic E-state index is 0.700. The second-order valence-corrected chi connectivity index (χ2v) is 4.66. The molecule has 0 saturated carbocycles. The maximum atomic E-state index is 5.49. The topological polar surface area (TPSA) is 34.1 Å². The van der Waals surface area contributed by atoms with Gasteiger partial charge in [-0.3, -0.25) is 0 Å². The molecule has 90 valence electrons. The molecule has 0 aromatic carbocycles. The van der Waals surface area contributed by atoms with Gasteiger partial charge in [0.1, 0.15) is 0 Å². The van der Waals surface area contributed by atoms with Gasteiger partial charge < -0.3 is 10.1 Å². The predicted octanol–water partition coefficient (Wildman–Crippen LogP) is 2.70. The maximum absolute atomic E-state index is 5.49. The Morgan fingerprint density at radius 2 is 2.24 bits per heavy atom. The molecule has 2 aromatic heterocycles. The Balaban J connectivity index is 1.52. The lowest BCUT2D eigenvalue weighted by molar-refractivity contribution is 0.297. The van der Waals surface area contributed by atoms with Gasteiger partial charge in [-0.1, -0.05) is 12.1 Å². The standard InChI is InChI=1S/C13H16N2OS/c1-2-8-15-13(6-1)16-9-4-7-14-11-12-5-3-10-17-12/h1-3,5-6,8,10,14H,4,7,9,11H2. The van der Waals surface area contributed by atoms with E-state index in [1.807, 2.05) is 18.2 Å². The third kappa shape index (κ3) is 4.54. The van der Waals surface area contributed by atoms with Crippen molar-refractivity contribution >= 4 is 11.3 Å². The van der Waals surface area contributed by atoms with Crippen LogP contribution in [0.5, 0.6) is 5.88 Å². The molecule has 17 heavy (non-hydrogen) atoms. The first-order valence-electron chi connectivity index (χ1n) is 5.72. The first-order valence-corrected chi connectivity index (χ1v) is 6.60. The molecule has 0 aliphatic heterocycles. The van der Waals surface area contributed by atoms with Crippen LogP contribution in [0, 0.1) is 0 Å². The lowest BCUT2D eigenvalue weighted by atomic mass is 10.4. The van der Waals surface area contributed by atoms with E-state index in [2.05, 4.69) is 27.8 Å². The molecule has 0 saturated heterocycles. The Morgan fingerprint density at radius 3 is 3.00 bits per heavy atom. The quantitative estimate of drug-likeness (QED) is 0.765. The highest BCUT2D eigenvalue weighted by Gasteiger charge is 1.94. The summed E-state index contributed by atoms with van der Waals surface area (Å²) in [5.41, 5.74) is 0. The van der Waals surface area contributed by atoms with E-state index in [-0.39, 0.29) is 0 Å². The first-order chi connectivity index (χ1) is 8.45. The van der Waals surface area contributed by atoms with E-state index in [0.717, 1.165) is 19.5 Å². The zero-order valence-electron chi connectivity index (χ0n) is 9.63. The molecule has 0 bridgehead atoms. The average molecular weight is 248 g/mol. The van der Waals surface area contributed by atoms with Crippen LogP contribution in [-0.4, -0.2) is 18.1 Å². The second kappa shape index (κ2) is 7.04. The lowest BCUT2D eigenvalue weighted by Crippen LogP contribution is -2.16. The molecular weight excluding hydrogens is 232 g/mol. The zero-order chi connectivity index (χ0) is 11.8. The molecule has 0 spiro atoms. The number of nitrogens with one attached hydrogen (secondary N) is 1. The highest BCUT2D eigenvalue weighted by Crippen LogP contribution is 2.07. The van der Waals surface area contributed by atoms with Crippen LogP contribution in [0.3, 0.4) is 0 Å². The Hall–Kier alpha value is -1.39. The van der Waals surface area contributed by atoms with Gasteiger partial charge in [0.2, 0.25) is 5.88 Å². The summed E-state index contributed by atoms with van der Waals surface area (Å²) >= 11 is 1.78. The molecule has 0 aliphatic rings. The van der Waals surface area contributed by atoms with Crippen molar-refractivity contribution in [3.05, 3.63) is 46.8 Å². The van der Waals surface area contributed by atoms with Gasteiger partial charge in [0.05, 0.1) is 6.61 Å². The van der Waals surface area contributed by atoms with Gasteiger partial charge in [-0.05, 0) is 30.5 Å². The fraction of sp³-hybridized carbons (Fsp3) is 0.308. The Bertz CT molecular complexity index is 403. The van der Waals surface area contributed by atoms with Gasteiger partial charge in [0.15, 0.2) is 0 Å². The number of hydrogen-bond donors (Lipinski definition) is 1. The monoisotopic (exact) mass is 248 g/mol. The number of hydrogen-bond acceptors (Lipinski definition) is 4. The molecule has 0 atom stereocenters. The van der Waals surface area contributed by atoms with Gasteiger partial charge in [-0.2, -0.15) is 0 Å². The number of ether oxygens (including phenoxy) is 1. The summed E-state index contributed by atoms with van der Waals surface area (Å²) in [6.07, 6.45) is 2.73. The fourth-order valence-electron chi connectivity index (χ4n) is 1.43. The first kappa shape index (κ1) is 12.1. The molecule has 3 nitrogen and oxygen atoms in total. The van der Waals surface area contributed by atoms with Gasteiger partial charge in [-0.25, -0.2) is 4.98 Å². The van der Waals surface area contributed by atoms with Crippen LogP contribution < -0.4 is 10.1 Å². The van der Waals surface area contributed by atoms with Crippen LogP contribution in [0.25, 0.3) is 0 Å². The van der Waals surface area contributed by atoms with Crippen LogP contribution in [-0.2, 0) is 6.54 Å². The Morgan fingerprint density at radius 1 is 1.24 bits per heavy atom. The van der Waals surface area contributed by atoms with E-state index in [0.29, 0.717) is 12.5 Å². The minimum Gasteiger partial charge on any atom is -0.478 e. The molecule has 0 amide bonds. The summed E-state index contributed by atoms with van der Waals surface area (Å²) in [4.78, 5) is 5.47. The SMILES string of the molecule is c1ccc(OCCCNCc2cccs2)nc1. The van der Waals surface area contributed by atoms with Crippen molar-refractivity contribution in [3.63, 3.8) is 0 Å². The van der Waals surface area contributed by atoms with Gasteiger partial charge in [0.25, 0.3) is 0 Å². The third-order valence-corrected chi connectivity index (χ3v) is 3.14. The summed E-state index contributed by atoms with van der Waals surface area (Å²) in [5, 5.41) is 5.48. The molecule has 0 aliphatic carbocycles. The van der Waals surface area contributed by atoms with E-state index >= 15 is 0 Å². The van der Waals surface area contributed by atoms with Crippen molar-refractivity contribution in [2.45, 2.75) is 13.0 Å². The highest BCUT2D eigenvalue weighted by molar-refractivity contribution is 7.09. The fourth-order valence-corrected chi connectivity index (χ4v) is 2.11. The molecule has 2 aromatic rings. The third-order valence-electron chi connectivity index (χ3n) is 2.26. The smallest absolute Gasteiger partial charge is 0.213 e. The normalized spacial score (nSPS) is 10.4. The summed E-state index contributed by atoms with van der Waals surface area (Å²) < 4.78 is 5.49. The molecule has 2 heterocycles. The molecule has 4 heteroatoms. The molecule has 0 fully saturated rings. The van der Waals surface area contributed by atoms with Gasteiger partial charge >= 0.3 is 0 Å². The maximum Gasteiger partial charge on any atom is 0.213 e. The van der Waals surface area contributed by atoms with E-state index < -0.39 is 0 Å². The lowest BCUT2D eigenvalue weighted by Gasteiger charge is -2.05. The summed E-state index contributed by atoms with van der Waals surface area (Å²) in [5.74, 6) is 0.700. The zero-order valence-corrected chi connectivity index (χ0v) is 10.5. The van der Waals surface area contributed by atoms with Gasteiger partial charge in [-0.15, -0.1) is 11.3 Å². The van der Waals surface area contributed by atoms with E-state index in [4.69, 9.17) is 4.74 Å². The molecule has 0 radical (unpaired) electrons. The van der Waals surface area contributed by atoms with Crippen molar-refractivity contribution in [3.8, 4) is 5.88 Å². The summed E-state index contributed by atoms with van der Waals surface area (Å²) in [6, 6.07) is 9.90. The highest BCUT2D eigenvalue weighted by atomic mass is 32.1. The van der Waals surface area contributed by atoms with Crippen LogP contribution in [0.2, 0.25) is 0 Å². The number of rotatable bonds is 7. The van der Waals surface area contributed by atoms with Crippen LogP contribution in [0.15, 0.2) is 41.9 Å². The molecule has 1 N–H and O–H groups in total. The van der Waals surface area contributed by atoms with Crippen molar-refractivity contribution in [1.29, 1.82) is 0 Å². The van der Waals surface area contributed by atoms with E-state index in [1.165, 1.54) is 4.88 Å². The largest absolute Gasteiger partial charge is 0.478 e. The number of pyridine rings is 1. The number of aromatic nitrogens is 1. The summed E-state index contributed by atoms with van der Waals surface area (Å²) in [7, 11) is 0. The van der Waals surface area contributed by atoms with E-state index in [1.54, 1.807) is 17.5 Å². The average Bonchev–Trinajstić information content (AvgIpc) is 2.88. The van der Waals surface area contributed by atoms with E-state index in [9.17, 15) is 0 Å². The number of thiophene rings is 1. The number of nitrogens with zero attached hydrogens (tertiary/aromatic N) is 1. The van der Waals surface area contributed by atoms with Crippen molar-refractivity contribution in [2.24, 2.45) is 0 Å². The van der Waals surface area contributed by atoms with Crippen molar-refractivity contribution in [1.82, 2.24) is 10.3 Å². The molecular formula is C13H16N2OS. The Labute approximate surface area is 105 Å². The minimum absolute atomic E-state index is 0.700. The molecule has 0 unspecified atom stereocenters. The van der Waals surface area contributed by atoms with Crippen molar-refractivity contribution < 1.29 is 4.74 Å². The van der Waals surface area contributed by atoms with Crippen molar-refractivity contribution in [2.75, 3.05) is 13.2 Å². The predicted molar refractivity (Wildman–Crippen MR) is 70.4 cm³/mol. The second-order valence-electron chi connectivity index (χ2n) is 3.63. The van der Waals surface area contributed by atoms with Crippen LogP contribution in [0.1, 0.15) is 11.3 Å². The Kier molecular flexibility index (Phi) is 5.00. The summed E-state index contributed by atoms with van der Waals surface area (Å²) in [6.45, 7) is 2.61. The molecule has 2 rings (SSSR count). The van der Waals surface area contributed by atoms with Crippen LogP contribution >= 0.6 is 11.3 Å². The van der Waals surface area contributed by atoms with Gasteiger partial charge in [0, 0.05) is 23.7 Å². The van der Waals surface area contributed by atoms with Crippen LogP contribution in [0.4, 0.5) is 0 Å².